The van der Waals surface area contributed by atoms with Crippen LogP contribution in [0.15, 0.2) is 24.3 Å². The summed E-state index contributed by atoms with van der Waals surface area (Å²) in [6.45, 7) is 5.60. The summed E-state index contributed by atoms with van der Waals surface area (Å²) in [6.07, 6.45) is 0. The van der Waals surface area contributed by atoms with Gasteiger partial charge >= 0.3 is 0 Å². The van der Waals surface area contributed by atoms with Crippen LogP contribution in [0.2, 0.25) is 0 Å². The number of aryl methyl sites for hydroxylation is 3. The number of rotatable bonds is 2. The van der Waals surface area contributed by atoms with Crippen LogP contribution in [0, 0.1) is 20.8 Å². The molecule has 0 saturated heterocycles. The van der Waals surface area contributed by atoms with Gasteiger partial charge in [-0.3, -0.25) is 10.1 Å². The summed E-state index contributed by atoms with van der Waals surface area (Å²) in [6, 6.07) is 7.06. The maximum absolute atomic E-state index is 12.1. The number of aromatic nitrogens is 2. The lowest BCUT2D eigenvalue weighted by Gasteiger charge is -2.07. The van der Waals surface area contributed by atoms with E-state index in [1.807, 2.05) is 32.9 Å². The van der Waals surface area contributed by atoms with Crippen molar-refractivity contribution in [3.63, 3.8) is 0 Å². The largest absolute Gasteiger partial charge is 0.399 e. The molecule has 0 atom stereocenters. The molecule has 0 unspecified atom stereocenters. The van der Waals surface area contributed by atoms with Crippen molar-refractivity contribution < 1.29 is 4.79 Å². The van der Waals surface area contributed by atoms with Crippen LogP contribution in [-0.2, 0) is 0 Å². The molecule has 0 fully saturated rings. The van der Waals surface area contributed by atoms with Crippen molar-refractivity contribution in [2.45, 2.75) is 20.8 Å². The van der Waals surface area contributed by atoms with Crippen molar-refractivity contribution in [1.29, 1.82) is 0 Å². The molecular formula is C14H16N4O. The van der Waals surface area contributed by atoms with Crippen LogP contribution in [0.1, 0.15) is 27.3 Å². The monoisotopic (exact) mass is 256 g/mol. The highest BCUT2D eigenvalue weighted by molar-refractivity contribution is 6.04. The molecule has 5 heteroatoms. The normalized spacial score (nSPS) is 10.3. The lowest BCUT2D eigenvalue weighted by atomic mass is 10.1. The fourth-order valence-corrected chi connectivity index (χ4v) is 1.90. The summed E-state index contributed by atoms with van der Waals surface area (Å²) in [5, 5.41) is 2.68. The van der Waals surface area contributed by atoms with Gasteiger partial charge in [0.2, 0.25) is 5.95 Å². The molecule has 0 aliphatic carbocycles. The minimum atomic E-state index is -0.264. The quantitative estimate of drug-likeness (QED) is 0.807. The summed E-state index contributed by atoms with van der Waals surface area (Å²) in [4.78, 5) is 20.4. The molecule has 0 aliphatic heterocycles. The molecule has 2 aromatic rings. The van der Waals surface area contributed by atoms with Crippen LogP contribution in [0.5, 0.6) is 0 Å². The zero-order valence-electron chi connectivity index (χ0n) is 11.2. The van der Waals surface area contributed by atoms with E-state index in [1.54, 1.807) is 12.1 Å². The van der Waals surface area contributed by atoms with Crippen LogP contribution in [-0.4, -0.2) is 15.9 Å². The Morgan fingerprint density at radius 1 is 1.05 bits per heavy atom. The predicted molar refractivity (Wildman–Crippen MR) is 75.1 cm³/mol. The van der Waals surface area contributed by atoms with Gasteiger partial charge in [0.15, 0.2) is 0 Å². The Morgan fingerprint density at radius 3 is 2.26 bits per heavy atom. The standard InChI is InChI=1S/C14H16N4O/c1-8-4-11(7-12(15)5-8)13(19)18-14-16-9(2)6-10(3)17-14/h4-7H,15H2,1-3H3,(H,16,17,18,19). The second kappa shape index (κ2) is 5.06. The van der Waals surface area contributed by atoms with Crippen LogP contribution in [0.3, 0.4) is 0 Å². The summed E-state index contributed by atoms with van der Waals surface area (Å²) in [7, 11) is 0. The molecule has 0 saturated carbocycles. The minimum absolute atomic E-state index is 0.264. The highest BCUT2D eigenvalue weighted by Gasteiger charge is 2.09. The average Bonchev–Trinajstić information content (AvgIpc) is 2.25. The van der Waals surface area contributed by atoms with Gasteiger partial charge in [-0.1, -0.05) is 0 Å². The van der Waals surface area contributed by atoms with Crippen LogP contribution >= 0.6 is 0 Å². The van der Waals surface area contributed by atoms with E-state index in [2.05, 4.69) is 15.3 Å². The van der Waals surface area contributed by atoms with Gasteiger partial charge in [0.1, 0.15) is 0 Å². The van der Waals surface area contributed by atoms with Gasteiger partial charge in [-0.15, -0.1) is 0 Å². The van der Waals surface area contributed by atoms with Crippen molar-refractivity contribution in [3.05, 3.63) is 46.8 Å². The number of nitrogens with two attached hydrogens (primary N) is 1. The highest BCUT2D eigenvalue weighted by atomic mass is 16.1. The van der Waals surface area contributed by atoms with E-state index in [0.29, 0.717) is 17.2 Å². The van der Waals surface area contributed by atoms with Gasteiger partial charge in [0.25, 0.3) is 5.91 Å². The highest BCUT2D eigenvalue weighted by Crippen LogP contribution is 2.13. The molecule has 1 aromatic carbocycles. The first-order valence-electron chi connectivity index (χ1n) is 5.95. The first kappa shape index (κ1) is 13.0. The second-order valence-corrected chi connectivity index (χ2v) is 4.56. The molecule has 1 aromatic heterocycles. The van der Waals surface area contributed by atoms with Gasteiger partial charge in [-0.25, -0.2) is 9.97 Å². The number of hydrogen-bond donors (Lipinski definition) is 2. The average molecular weight is 256 g/mol. The zero-order valence-corrected chi connectivity index (χ0v) is 11.2. The topological polar surface area (TPSA) is 80.9 Å². The molecule has 5 nitrogen and oxygen atoms in total. The van der Waals surface area contributed by atoms with E-state index in [-0.39, 0.29) is 5.91 Å². The number of anilines is 2. The van der Waals surface area contributed by atoms with Gasteiger partial charge in [0, 0.05) is 22.6 Å². The van der Waals surface area contributed by atoms with E-state index < -0.39 is 0 Å². The Kier molecular flexibility index (Phi) is 3.46. The number of amides is 1. The van der Waals surface area contributed by atoms with Gasteiger partial charge in [0.05, 0.1) is 0 Å². The molecule has 0 radical (unpaired) electrons. The predicted octanol–water partition coefficient (Wildman–Crippen LogP) is 2.24. The summed E-state index contributed by atoms with van der Waals surface area (Å²) in [5.74, 6) is 0.0444. The number of nitrogens with zero attached hydrogens (tertiary/aromatic N) is 2. The Balaban J connectivity index is 2.25. The molecule has 0 bridgehead atoms. The second-order valence-electron chi connectivity index (χ2n) is 4.56. The molecule has 19 heavy (non-hydrogen) atoms. The maximum atomic E-state index is 12.1. The number of hydrogen-bond acceptors (Lipinski definition) is 4. The molecule has 0 aliphatic rings. The lowest BCUT2D eigenvalue weighted by Crippen LogP contribution is -2.15. The molecule has 98 valence electrons. The molecule has 0 spiro atoms. The van der Waals surface area contributed by atoms with Gasteiger partial charge < -0.3 is 5.73 Å². The van der Waals surface area contributed by atoms with Crippen molar-refractivity contribution in [1.82, 2.24) is 9.97 Å². The number of carbonyl (C=O) groups excluding carboxylic acids is 1. The van der Waals surface area contributed by atoms with Crippen molar-refractivity contribution in [2.24, 2.45) is 0 Å². The fourth-order valence-electron chi connectivity index (χ4n) is 1.90. The van der Waals surface area contributed by atoms with Crippen LogP contribution in [0.4, 0.5) is 11.6 Å². The number of nitrogens with one attached hydrogen (secondary N) is 1. The Labute approximate surface area is 111 Å². The Bertz CT molecular complexity index is 597. The Hall–Kier alpha value is -2.43. The SMILES string of the molecule is Cc1cc(N)cc(C(=O)Nc2nc(C)cc(C)n2)c1. The van der Waals surface area contributed by atoms with Crippen molar-refractivity contribution in [3.8, 4) is 0 Å². The first-order valence-corrected chi connectivity index (χ1v) is 5.95. The van der Waals surface area contributed by atoms with Crippen molar-refractivity contribution >= 4 is 17.5 Å². The van der Waals surface area contributed by atoms with E-state index in [4.69, 9.17) is 5.73 Å². The van der Waals surface area contributed by atoms with Crippen molar-refractivity contribution in [2.75, 3.05) is 11.1 Å². The number of benzene rings is 1. The molecule has 1 heterocycles. The fraction of sp³-hybridized carbons (Fsp3) is 0.214. The first-order chi connectivity index (χ1) is 8.94. The van der Waals surface area contributed by atoms with E-state index in [9.17, 15) is 4.79 Å². The molecule has 2 rings (SSSR count). The maximum Gasteiger partial charge on any atom is 0.258 e. The van der Waals surface area contributed by atoms with Crippen LogP contribution < -0.4 is 11.1 Å². The smallest absolute Gasteiger partial charge is 0.258 e. The third kappa shape index (κ3) is 3.28. The number of carbonyl (C=O) groups is 1. The van der Waals surface area contributed by atoms with Crippen LogP contribution in [0.25, 0.3) is 0 Å². The lowest BCUT2D eigenvalue weighted by molar-refractivity contribution is 0.102. The minimum Gasteiger partial charge on any atom is -0.399 e. The van der Waals surface area contributed by atoms with Gasteiger partial charge in [-0.05, 0) is 50.6 Å². The van der Waals surface area contributed by atoms with E-state index in [1.165, 1.54) is 0 Å². The summed E-state index contributed by atoms with van der Waals surface area (Å²) >= 11 is 0. The Morgan fingerprint density at radius 2 is 1.68 bits per heavy atom. The van der Waals surface area contributed by atoms with Gasteiger partial charge in [-0.2, -0.15) is 0 Å². The number of nitrogen functional groups attached to an aromatic ring is 1. The summed E-state index contributed by atoms with van der Waals surface area (Å²) < 4.78 is 0. The molecular weight excluding hydrogens is 240 g/mol. The zero-order chi connectivity index (χ0) is 14.0. The molecule has 1 amide bonds. The van der Waals surface area contributed by atoms with E-state index >= 15 is 0 Å². The third-order valence-electron chi connectivity index (χ3n) is 2.57. The van der Waals surface area contributed by atoms with E-state index in [0.717, 1.165) is 17.0 Å². The summed E-state index contributed by atoms with van der Waals surface area (Å²) in [5.41, 5.74) is 9.35. The third-order valence-corrected chi connectivity index (χ3v) is 2.57. The molecule has 3 N–H and O–H groups in total.